The standard InChI is InChI=1S/C15H14O6.C15H14O/c16-8-4-11(18)9-6-13(20)15(21-14(9)5-8)7-1-2-10(17)12(19)3-7;1-2-6-12(7-3-1)15-11-10-13-8-4-5-9-14(13)16-15/h1-5,13,15-20H,6H2;1-9,15H,10-11H2/t13-,15+;/m0./s1. The number of fused-ring (bicyclic) bond motifs is 2. The Morgan fingerprint density at radius 2 is 1.41 bits per heavy atom. The molecule has 6 rings (SSSR count). The Kier molecular flexibility index (Phi) is 6.79. The van der Waals surface area contributed by atoms with Gasteiger partial charge in [0, 0.05) is 24.1 Å². The minimum absolute atomic E-state index is 0.143. The molecule has 7 heteroatoms. The average molecular weight is 501 g/mol. The number of rotatable bonds is 2. The fourth-order valence-corrected chi connectivity index (χ4v) is 4.69. The van der Waals surface area contributed by atoms with Crippen molar-refractivity contribution in [3.05, 3.63) is 107 Å². The van der Waals surface area contributed by atoms with E-state index in [1.807, 2.05) is 12.1 Å². The molecular formula is C30H28O7. The summed E-state index contributed by atoms with van der Waals surface area (Å²) in [6.07, 6.45) is 0.836. The predicted molar refractivity (Wildman–Crippen MR) is 137 cm³/mol. The van der Waals surface area contributed by atoms with E-state index < -0.39 is 12.2 Å². The second kappa shape index (κ2) is 10.3. The quantitative estimate of drug-likeness (QED) is 0.237. The molecule has 190 valence electrons. The lowest BCUT2D eigenvalue weighted by atomic mass is 9.94. The van der Waals surface area contributed by atoms with Gasteiger partial charge in [-0.05, 0) is 47.7 Å². The van der Waals surface area contributed by atoms with Crippen molar-refractivity contribution in [1.29, 1.82) is 0 Å². The molecule has 37 heavy (non-hydrogen) atoms. The fraction of sp³-hybridized carbons (Fsp3) is 0.200. The van der Waals surface area contributed by atoms with Crippen LogP contribution in [0.4, 0.5) is 0 Å². The molecule has 0 radical (unpaired) electrons. The molecule has 0 aliphatic carbocycles. The van der Waals surface area contributed by atoms with E-state index in [1.165, 1.54) is 41.5 Å². The van der Waals surface area contributed by atoms with Gasteiger partial charge in [0.15, 0.2) is 11.5 Å². The van der Waals surface area contributed by atoms with Crippen LogP contribution in [0.15, 0.2) is 84.9 Å². The summed E-state index contributed by atoms with van der Waals surface area (Å²) in [5.41, 5.74) is 3.50. The maximum absolute atomic E-state index is 10.2. The molecule has 0 saturated heterocycles. The molecule has 0 amide bonds. The van der Waals surface area contributed by atoms with Crippen LogP contribution in [0.3, 0.4) is 0 Å². The highest BCUT2D eigenvalue weighted by atomic mass is 16.5. The van der Waals surface area contributed by atoms with Gasteiger partial charge in [0.2, 0.25) is 0 Å². The number of para-hydroxylation sites is 1. The third-order valence-corrected chi connectivity index (χ3v) is 6.60. The molecule has 0 fully saturated rings. The van der Waals surface area contributed by atoms with E-state index in [0.717, 1.165) is 18.6 Å². The van der Waals surface area contributed by atoms with Crippen LogP contribution in [-0.2, 0) is 12.8 Å². The molecule has 4 aromatic rings. The molecule has 2 aliphatic heterocycles. The van der Waals surface area contributed by atoms with E-state index in [0.29, 0.717) is 11.1 Å². The van der Waals surface area contributed by atoms with Crippen molar-refractivity contribution in [2.75, 3.05) is 0 Å². The van der Waals surface area contributed by atoms with E-state index in [9.17, 15) is 25.5 Å². The third kappa shape index (κ3) is 5.27. The van der Waals surface area contributed by atoms with Gasteiger partial charge in [-0.2, -0.15) is 0 Å². The van der Waals surface area contributed by atoms with Gasteiger partial charge in [-0.1, -0.05) is 54.6 Å². The molecule has 7 nitrogen and oxygen atoms in total. The summed E-state index contributed by atoms with van der Waals surface area (Å²) >= 11 is 0. The summed E-state index contributed by atoms with van der Waals surface area (Å²) in [5, 5.41) is 48.3. The van der Waals surface area contributed by atoms with E-state index in [-0.39, 0.29) is 41.3 Å². The van der Waals surface area contributed by atoms with E-state index in [2.05, 4.69) is 42.5 Å². The molecule has 0 aromatic heterocycles. The SMILES string of the molecule is Oc1cc(O)c2c(c1)O[C@H](c1ccc(O)c(O)c1)[C@@H](O)C2.c1ccc(C2CCc3ccccc3O2)cc1. The van der Waals surface area contributed by atoms with Crippen LogP contribution in [0.5, 0.6) is 34.5 Å². The Labute approximate surface area is 214 Å². The highest BCUT2D eigenvalue weighted by molar-refractivity contribution is 5.52. The van der Waals surface area contributed by atoms with E-state index in [1.54, 1.807) is 0 Å². The first-order chi connectivity index (χ1) is 17.9. The molecule has 5 N–H and O–H groups in total. The van der Waals surface area contributed by atoms with Gasteiger partial charge < -0.3 is 35.0 Å². The lowest BCUT2D eigenvalue weighted by Crippen LogP contribution is -2.30. The zero-order valence-corrected chi connectivity index (χ0v) is 20.0. The second-order valence-corrected chi connectivity index (χ2v) is 9.16. The number of phenolic OH excluding ortho intramolecular Hbond substituents is 4. The predicted octanol–water partition coefficient (Wildman–Crippen LogP) is 5.30. The second-order valence-electron chi connectivity index (χ2n) is 9.16. The lowest BCUT2D eigenvalue weighted by Gasteiger charge is -2.31. The van der Waals surface area contributed by atoms with Crippen LogP contribution in [0.1, 0.15) is 40.9 Å². The van der Waals surface area contributed by atoms with Crippen LogP contribution in [0, 0.1) is 0 Å². The first-order valence-corrected chi connectivity index (χ1v) is 12.1. The van der Waals surface area contributed by atoms with E-state index >= 15 is 0 Å². The molecule has 4 aromatic carbocycles. The molecule has 0 saturated carbocycles. The number of hydrogen-bond acceptors (Lipinski definition) is 7. The van der Waals surface area contributed by atoms with Gasteiger partial charge in [-0.25, -0.2) is 0 Å². The summed E-state index contributed by atoms with van der Waals surface area (Å²) in [7, 11) is 0. The average Bonchev–Trinajstić information content (AvgIpc) is 2.91. The number of aromatic hydroxyl groups is 4. The lowest BCUT2D eigenvalue weighted by molar-refractivity contribution is 0.0197. The summed E-state index contributed by atoms with van der Waals surface area (Å²) in [5.74, 6) is 0.455. The molecule has 0 spiro atoms. The Morgan fingerprint density at radius 1 is 0.649 bits per heavy atom. The van der Waals surface area contributed by atoms with Gasteiger partial charge in [-0.3, -0.25) is 0 Å². The Hall–Kier alpha value is -4.36. The zero-order chi connectivity index (χ0) is 25.9. The highest BCUT2D eigenvalue weighted by Gasteiger charge is 2.32. The van der Waals surface area contributed by atoms with Crippen LogP contribution >= 0.6 is 0 Å². The number of aliphatic hydroxyl groups is 1. The van der Waals surface area contributed by atoms with Gasteiger partial charge in [0.25, 0.3) is 0 Å². The van der Waals surface area contributed by atoms with Crippen molar-refractivity contribution in [1.82, 2.24) is 0 Å². The zero-order valence-electron chi connectivity index (χ0n) is 20.0. The Balaban J connectivity index is 0.000000157. The molecular weight excluding hydrogens is 472 g/mol. The highest BCUT2D eigenvalue weighted by Crippen LogP contribution is 2.42. The number of benzene rings is 4. The normalized spacial score (nSPS) is 19.8. The number of ether oxygens (including phenoxy) is 2. The molecule has 0 bridgehead atoms. The summed E-state index contributed by atoms with van der Waals surface area (Å²) in [4.78, 5) is 0. The van der Waals surface area contributed by atoms with Crippen LogP contribution in [0.25, 0.3) is 0 Å². The van der Waals surface area contributed by atoms with Gasteiger partial charge in [0.05, 0.1) is 6.10 Å². The first-order valence-electron chi connectivity index (χ1n) is 12.1. The van der Waals surface area contributed by atoms with Crippen LogP contribution in [-0.4, -0.2) is 31.6 Å². The smallest absolute Gasteiger partial charge is 0.157 e. The number of phenols is 4. The fourth-order valence-electron chi connectivity index (χ4n) is 4.69. The van der Waals surface area contributed by atoms with Crippen molar-refractivity contribution in [2.24, 2.45) is 0 Å². The maximum Gasteiger partial charge on any atom is 0.157 e. The minimum atomic E-state index is -0.933. The largest absolute Gasteiger partial charge is 0.508 e. The van der Waals surface area contributed by atoms with Crippen molar-refractivity contribution >= 4 is 0 Å². The molecule has 2 heterocycles. The Bertz CT molecular complexity index is 1390. The third-order valence-electron chi connectivity index (χ3n) is 6.60. The van der Waals surface area contributed by atoms with Crippen molar-refractivity contribution in [3.8, 4) is 34.5 Å². The molecule has 1 unspecified atom stereocenters. The number of aliphatic hydroxyl groups excluding tert-OH is 1. The number of aryl methyl sites for hydroxylation is 1. The van der Waals surface area contributed by atoms with Crippen LogP contribution < -0.4 is 9.47 Å². The summed E-state index contributed by atoms with van der Waals surface area (Å²) in [6, 6.07) is 25.4. The number of hydrogen-bond donors (Lipinski definition) is 5. The van der Waals surface area contributed by atoms with Crippen LogP contribution in [0.2, 0.25) is 0 Å². The van der Waals surface area contributed by atoms with Crippen molar-refractivity contribution in [2.45, 2.75) is 37.6 Å². The maximum atomic E-state index is 10.2. The van der Waals surface area contributed by atoms with Crippen molar-refractivity contribution in [3.63, 3.8) is 0 Å². The summed E-state index contributed by atoms with van der Waals surface area (Å²) in [6.45, 7) is 0. The Morgan fingerprint density at radius 3 is 2.19 bits per heavy atom. The van der Waals surface area contributed by atoms with E-state index in [4.69, 9.17) is 9.47 Å². The molecule has 2 aliphatic rings. The van der Waals surface area contributed by atoms with Gasteiger partial charge in [-0.15, -0.1) is 0 Å². The molecule has 3 atom stereocenters. The summed E-state index contributed by atoms with van der Waals surface area (Å²) < 4.78 is 11.6. The van der Waals surface area contributed by atoms with Crippen molar-refractivity contribution < 1.29 is 35.0 Å². The van der Waals surface area contributed by atoms with Gasteiger partial charge >= 0.3 is 0 Å². The topological polar surface area (TPSA) is 120 Å². The van der Waals surface area contributed by atoms with Gasteiger partial charge in [0.1, 0.15) is 35.2 Å². The first kappa shape index (κ1) is 24.3. The monoisotopic (exact) mass is 500 g/mol. The minimum Gasteiger partial charge on any atom is -0.508 e.